The molecule has 28 heavy (non-hydrogen) atoms. The first-order valence-electron chi connectivity index (χ1n) is 8.73. The van der Waals surface area contributed by atoms with Gasteiger partial charge in [-0.1, -0.05) is 38.1 Å². The number of alkyl halides is 3. The van der Waals surface area contributed by atoms with Crippen LogP contribution in [0.1, 0.15) is 30.5 Å². The molecule has 2 aromatic rings. The minimum Gasteiger partial charge on any atom is -0.504 e. The maximum atomic E-state index is 12.7. The van der Waals surface area contributed by atoms with Gasteiger partial charge in [0, 0.05) is 12.6 Å². The molecule has 2 aliphatic rings. The fourth-order valence-corrected chi connectivity index (χ4v) is 2.37. The summed E-state index contributed by atoms with van der Waals surface area (Å²) in [6.45, 7) is 4.96. The number of amides is 1. The van der Waals surface area contributed by atoms with Crippen LogP contribution >= 0.6 is 0 Å². The summed E-state index contributed by atoms with van der Waals surface area (Å²) in [6, 6.07) is 10.6. The molecule has 0 aromatic heterocycles. The van der Waals surface area contributed by atoms with E-state index in [0.717, 1.165) is 17.7 Å². The Morgan fingerprint density at radius 2 is 1.96 bits per heavy atom. The Morgan fingerprint density at radius 3 is 2.43 bits per heavy atom. The van der Waals surface area contributed by atoms with Crippen LogP contribution in [0, 0.1) is 5.92 Å². The molecule has 2 N–H and O–H groups in total. The van der Waals surface area contributed by atoms with Crippen LogP contribution in [0.2, 0.25) is 0 Å². The van der Waals surface area contributed by atoms with Gasteiger partial charge in [-0.15, -0.1) is 0 Å². The molecule has 2 aromatic carbocycles. The van der Waals surface area contributed by atoms with E-state index in [1.54, 1.807) is 12.1 Å². The molecule has 1 amide bonds. The lowest BCUT2D eigenvalue weighted by Crippen LogP contribution is -2.25. The first-order chi connectivity index (χ1) is 13.2. The van der Waals surface area contributed by atoms with Crippen molar-refractivity contribution in [2.75, 3.05) is 6.54 Å². The zero-order valence-electron chi connectivity index (χ0n) is 15.6. The van der Waals surface area contributed by atoms with Crippen molar-refractivity contribution >= 4 is 12.0 Å². The number of benzene rings is 2. The Kier molecular flexibility index (Phi) is 7.09. The molecule has 0 atom stereocenters. The average molecular weight is 393 g/mol. The monoisotopic (exact) mass is 393 g/mol. The summed E-state index contributed by atoms with van der Waals surface area (Å²) in [6.07, 6.45) is -2.12. The molecule has 2 bridgehead atoms. The standard InChI is InChI=1S/C14H16F3NO.C7H6O2/c1-10(2)9-18-13(19)8-7-11-5-3-4-6-12(11)14(15,16)17;8-6-3-5-1-2-7(6)9-4-5/h3-8,10H,9H2,1-2H3,(H,18,19);1-3,8H,4H2. The van der Waals surface area contributed by atoms with Gasteiger partial charge in [0.15, 0.2) is 11.5 Å². The second kappa shape index (κ2) is 9.30. The number of nitrogens with one attached hydrogen (secondary N) is 1. The van der Waals surface area contributed by atoms with E-state index in [-0.39, 0.29) is 11.3 Å². The second-order valence-electron chi connectivity index (χ2n) is 6.65. The molecule has 2 aliphatic heterocycles. The summed E-state index contributed by atoms with van der Waals surface area (Å²) in [5.41, 5.74) is 0.264. The molecule has 150 valence electrons. The number of aromatic hydroxyl groups is 1. The van der Waals surface area contributed by atoms with Crippen molar-refractivity contribution in [1.29, 1.82) is 0 Å². The van der Waals surface area contributed by atoms with Crippen molar-refractivity contribution in [2.24, 2.45) is 5.92 Å². The normalized spacial score (nSPS) is 12.5. The van der Waals surface area contributed by atoms with E-state index in [9.17, 15) is 18.0 Å². The third-order valence-corrected chi connectivity index (χ3v) is 3.78. The summed E-state index contributed by atoms with van der Waals surface area (Å²) in [7, 11) is 0. The SMILES string of the molecule is CC(C)CNC(=O)C=Cc1ccccc1C(F)(F)F.Oc1cc2ccc1OC2. The predicted molar refractivity (Wildman–Crippen MR) is 101 cm³/mol. The number of carbonyl (C=O) groups is 1. The lowest BCUT2D eigenvalue weighted by Gasteiger charge is -2.14. The molecule has 2 heterocycles. The van der Waals surface area contributed by atoms with Gasteiger partial charge >= 0.3 is 6.18 Å². The molecule has 7 heteroatoms. The molecule has 0 unspecified atom stereocenters. The molecule has 0 radical (unpaired) electrons. The Bertz CT molecular complexity index is 845. The van der Waals surface area contributed by atoms with E-state index in [1.807, 2.05) is 19.9 Å². The summed E-state index contributed by atoms with van der Waals surface area (Å²) in [5, 5.41) is 11.6. The number of ether oxygens (including phenoxy) is 1. The molecule has 4 rings (SSSR count). The van der Waals surface area contributed by atoms with Crippen molar-refractivity contribution in [1.82, 2.24) is 5.32 Å². The number of fused-ring (bicyclic) bond motifs is 3. The minimum atomic E-state index is -4.42. The summed E-state index contributed by atoms with van der Waals surface area (Å²) < 4.78 is 43.1. The van der Waals surface area contributed by atoms with Crippen molar-refractivity contribution in [3.8, 4) is 11.5 Å². The summed E-state index contributed by atoms with van der Waals surface area (Å²) in [4.78, 5) is 11.4. The van der Waals surface area contributed by atoms with E-state index in [0.29, 0.717) is 24.8 Å². The third kappa shape index (κ3) is 6.33. The van der Waals surface area contributed by atoms with Crippen LogP contribution in [-0.4, -0.2) is 17.6 Å². The van der Waals surface area contributed by atoms with Gasteiger partial charge in [0.1, 0.15) is 6.61 Å². The minimum absolute atomic E-state index is 0.0188. The van der Waals surface area contributed by atoms with Gasteiger partial charge in [0.05, 0.1) is 5.56 Å². The average Bonchev–Trinajstić information content (AvgIpc) is 2.65. The lowest BCUT2D eigenvalue weighted by molar-refractivity contribution is -0.137. The van der Waals surface area contributed by atoms with Crippen LogP contribution < -0.4 is 10.1 Å². The van der Waals surface area contributed by atoms with Gasteiger partial charge in [-0.3, -0.25) is 4.79 Å². The molecule has 4 nitrogen and oxygen atoms in total. The van der Waals surface area contributed by atoms with Gasteiger partial charge in [-0.2, -0.15) is 13.2 Å². The third-order valence-electron chi connectivity index (χ3n) is 3.78. The highest BCUT2D eigenvalue weighted by atomic mass is 19.4. The molecule has 0 aliphatic carbocycles. The maximum Gasteiger partial charge on any atom is 0.416 e. The van der Waals surface area contributed by atoms with E-state index < -0.39 is 17.6 Å². The van der Waals surface area contributed by atoms with Crippen LogP contribution in [0.25, 0.3) is 6.08 Å². The zero-order chi connectivity index (χ0) is 20.7. The summed E-state index contributed by atoms with van der Waals surface area (Å²) in [5.74, 6) is 0.731. The highest BCUT2D eigenvalue weighted by Gasteiger charge is 2.32. The Morgan fingerprint density at radius 1 is 1.25 bits per heavy atom. The first-order valence-corrected chi connectivity index (χ1v) is 8.73. The van der Waals surface area contributed by atoms with Crippen LogP contribution in [0.4, 0.5) is 13.2 Å². The van der Waals surface area contributed by atoms with Crippen LogP contribution in [0.5, 0.6) is 11.5 Å². The fourth-order valence-electron chi connectivity index (χ4n) is 2.37. The van der Waals surface area contributed by atoms with E-state index in [4.69, 9.17) is 9.84 Å². The Labute approximate surface area is 161 Å². The number of phenolic OH excluding ortho intramolecular Hbond substituents is 1. The van der Waals surface area contributed by atoms with Gasteiger partial charge in [0.25, 0.3) is 0 Å². The Balaban J connectivity index is 0.000000255. The smallest absolute Gasteiger partial charge is 0.416 e. The second-order valence-corrected chi connectivity index (χ2v) is 6.65. The van der Waals surface area contributed by atoms with E-state index in [2.05, 4.69) is 5.32 Å². The van der Waals surface area contributed by atoms with E-state index >= 15 is 0 Å². The topological polar surface area (TPSA) is 58.6 Å². The molecule has 0 saturated carbocycles. The van der Waals surface area contributed by atoms with Gasteiger partial charge in [0.2, 0.25) is 5.91 Å². The number of hydrogen-bond donors (Lipinski definition) is 2. The van der Waals surface area contributed by atoms with Gasteiger partial charge in [-0.25, -0.2) is 0 Å². The number of rotatable bonds is 4. The molecule has 0 spiro atoms. The van der Waals surface area contributed by atoms with Gasteiger partial charge < -0.3 is 15.2 Å². The first kappa shape index (κ1) is 21.3. The highest BCUT2D eigenvalue weighted by Crippen LogP contribution is 2.32. The van der Waals surface area contributed by atoms with E-state index in [1.165, 1.54) is 24.3 Å². The zero-order valence-corrected chi connectivity index (χ0v) is 15.6. The van der Waals surface area contributed by atoms with Crippen molar-refractivity contribution in [3.05, 3.63) is 65.2 Å². The number of halogens is 3. The predicted octanol–water partition coefficient (Wildman–Crippen LogP) is 4.78. The quantitative estimate of drug-likeness (QED) is 0.736. The van der Waals surface area contributed by atoms with Crippen molar-refractivity contribution < 1.29 is 27.8 Å². The lowest BCUT2D eigenvalue weighted by atomic mass is 10.1. The molecule has 0 saturated heterocycles. The number of carbonyl (C=O) groups excluding carboxylic acids is 1. The largest absolute Gasteiger partial charge is 0.504 e. The Hall–Kier alpha value is -2.96. The molecule has 0 fully saturated rings. The highest BCUT2D eigenvalue weighted by molar-refractivity contribution is 5.91. The van der Waals surface area contributed by atoms with Crippen LogP contribution in [0.3, 0.4) is 0 Å². The molecular weight excluding hydrogens is 371 g/mol. The summed E-state index contributed by atoms with van der Waals surface area (Å²) >= 11 is 0. The number of hydrogen-bond acceptors (Lipinski definition) is 3. The fraction of sp³-hybridized carbons (Fsp3) is 0.286. The van der Waals surface area contributed by atoms with Crippen molar-refractivity contribution in [3.63, 3.8) is 0 Å². The molecular formula is C21H22F3NO3. The maximum absolute atomic E-state index is 12.7. The van der Waals surface area contributed by atoms with Crippen LogP contribution in [-0.2, 0) is 17.6 Å². The number of phenols is 1. The van der Waals surface area contributed by atoms with Crippen LogP contribution in [0.15, 0.2) is 48.5 Å². The van der Waals surface area contributed by atoms with Gasteiger partial charge in [-0.05, 0) is 41.3 Å². The van der Waals surface area contributed by atoms with Crippen molar-refractivity contribution in [2.45, 2.75) is 26.6 Å².